The maximum Gasteiger partial charge on any atom is 0.310 e. The minimum Gasteiger partial charge on any atom is -0.490 e. The Morgan fingerprint density at radius 1 is 1.44 bits per heavy atom. The number of nitro groups is 1. The monoisotopic (exact) mass is 416 g/mol. The number of hydrogen-bond acceptors (Lipinski definition) is 7. The SMILES string of the molecule is CCN(C(=O)c1ccc([N+](=O)[O-])c(OC)c1)S(=O)(=O)c1c(C)nn(C)c1Cl. The molecular formula is C15H17ClN4O6S. The van der Waals surface area contributed by atoms with Crippen LogP contribution >= 0.6 is 11.6 Å². The zero-order valence-electron chi connectivity index (χ0n) is 15.0. The number of carbonyl (C=O) groups excluding carboxylic acids is 1. The summed E-state index contributed by atoms with van der Waals surface area (Å²) in [7, 11) is -1.60. The molecule has 0 saturated heterocycles. The lowest BCUT2D eigenvalue weighted by Gasteiger charge is -2.21. The molecule has 1 aromatic heterocycles. The van der Waals surface area contributed by atoms with Gasteiger partial charge in [-0.15, -0.1) is 0 Å². The molecule has 12 heteroatoms. The van der Waals surface area contributed by atoms with Crippen LogP contribution in [0.25, 0.3) is 0 Å². The van der Waals surface area contributed by atoms with Crippen molar-refractivity contribution in [1.82, 2.24) is 14.1 Å². The van der Waals surface area contributed by atoms with Crippen molar-refractivity contribution in [3.63, 3.8) is 0 Å². The van der Waals surface area contributed by atoms with E-state index in [2.05, 4.69) is 5.10 Å². The summed E-state index contributed by atoms with van der Waals surface area (Å²) in [6.45, 7) is 2.77. The van der Waals surface area contributed by atoms with Crippen LogP contribution in [-0.2, 0) is 17.1 Å². The number of nitro benzene ring substituents is 1. The van der Waals surface area contributed by atoms with E-state index in [0.717, 1.165) is 12.1 Å². The number of methoxy groups -OCH3 is 1. The molecular weight excluding hydrogens is 400 g/mol. The first-order chi connectivity index (χ1) is 12.6. The van der Waals surface area contributed by atoms with E-state index in [1.54, 1.807) is 0 Å². The summed E-state index contributed by atoms with van der Waals surface area (Å²) in [4.78, 5) is 22.9. The van der Waals surface area contributed by atoms with Gasteiger partial charge in [-0.05, 0) is 19.9 Å². The molecule has 10 nitrogen and oxygen atoms in total. The highest BCUT2D eigenvalue weighted by atomic mass is 35.5. The van der Waals surface area contributed by atoms with Gasteiger partial charge in [0.1, 0.15) is 10.0 Å². The third-order valence-electron chi connectivity index (χ3n) is 3.79. The van der Waals surface area contributed by atoms with Crippen molar-refractivity contribution < 1.29 is 22.9 Å². The molecule has 0 atom stereocenters. The fourth-order valence-corrected chi connectivity index (χ4v) is 4.65. The Morgan fingerprint density at radius 2 is 2.07 bits per heavy atom. The molecule has 2 aromatic rings. The molecule has 0 aliphatic carbocycles. The highest BCUT2D eigenvalue weighted by molar-refractivity contribution is 7.89. The lowest BCUT2D eigenvalue weighted by molar-refractivity contribution is -0.385. The fourth-order valence-electron chi connectivity index (χ4n) is 2.54. The summed E-state index contributed by atoms with van der Waals surface area (Å²) < 4.78 is 32.7. The van der Waals surface area contributed by atoms with Crippen molar-refractivity contribution in [2.24, 2.45) is 7.05 Å². The topological polar surface area (TPSA) is 125 Å². The average molecular weight is 417 g/mol. The molecule has 0 spiro atoms. The van der Waals surface area contributed by atoms with Gasteiger partial charge in [0, 0.05) is 31.3 Å². The first-order valence-electron chi connectivity index (χ1n) is 7.64. The lowest BCUT2D eigenvalue weighted by Crippen LogP contribution is -2.37. The molecule has 0 bridgehead atoms. The van der Waals surface area contributed by atoms with E-state index < -0.39 is 20.9 Å². The molecule has 1 heterocycles. The van der Waals surface area contributed by atoms with Crippen molar-refractivity contribution in [2.75, 3.05) is 13.7 Å². The Kier molecular flexibility index (Phi) is 5.76. The molecule has 0 saturated carbocycles. The highest BCUT2D eigenvalue weighted by Gasteiger charge is 2.35. The van der Waals surface area contributed by atoms with Gasteiger partial charge in [0.05, 0.1) is 17.7 Å². The maximum absolute atomic E-state index is 13.0. The Hall–Kier alpha value is -2.66. The van der Waals surface area contributed by atoms with Gasteiger partial charge in [-0.25, -0.2) is 12.7 Å². The molecule has 1 aromatic carbocycles. The summed E-state index contributed by atoms with van der Waals surface area (Å²) in [5.74, 6) is -1.03. The molecule has 146 valence electrons. The Bertz CT molecular complexity index is 1020. The smallest absolute Gasteiger partial charge is 0.310 e. The van der Waals surface area contributed by atoms with Crippen LogP contribution in [0.4, 0.5) is 5.69 Å². The number of sulfonamides is 1. The number of hydrogen-bond donors (Lipinski definition) is 0. The van der Waals surface area contributed by atoms with Crippen molar-refractivity contribution >= 4 is 33.2 Å². The van der Waals surface area contributed by atoms with Gasteiger partial charge in [-0.3, -0.25) is 19.6 Å². The van der Waals surface area contributed by atoms with E-state index in [-0.39, 0.29) is 39.3 Å². The third kappa shape index (κ3) is 3.60. The number of rotatable bonds is 6. The second-order valence-corrected chi connectivity index (χ2v) is 7.60. The zero-order valence-corrected chi connectivity index (χ0v) is 16.5. The third-order valence-corrected chi connectivity index (χ3v) is 6.34. The summed E-state index contributed by atoms with van der Waals surface area (Å²) >= 11 is 6.04. The zero-order chi connectivity index (χ0) is 20.5. The van der Waals surface area contributed by atoms with Crippen LogP contribution in [0.3, 0.4) is 0 Å². The normalized spacial score (nSPS) is 11.3. The van der Waals surface area contributed by atoms with E-state index in [4.69, 9.17) is 16.3 Å². The summed E-state index contributed by atoms with van der Waals surface area (Å²) in [5, 5.41) is 14.8. The number of amides is 1. The van der Waals surface area contributed by atoms with Gasteiger partial charge in [0.15, 0.2) is 5.75 Å². The Labute approximate surface area is 160 Å². The number of aromatic nitrogens is 2. The molecule has 0 N–H and O–H groups in total. The number of benzene rings is 1. The quantitative estimate of drug-likeness (QED) is 0.521. The largest absolute Gasteiger partial charge is 0.490 e. The molecule has 0 aliphatic heterocycles. The van der Waals surface area contributed by atoms with Crippen LogP contribution in [-0.4, -0.2) is 47.0 Å². The predicted molar refractivity (Wildman–Crippen MR) is 96.5 cm³/mol. The number of aryl methyl sites for hydroxylation is 2. The van der Waals surface area contributed by atoms with E-state index >= 15 is 0 Å². The summed E-state index contributed by atoms with van der Waals surface area (Å²) in [6, 6.07) is 3.37. The van der Waals surface area contributed by atoms with Gasteiger partial charge in [-0.2, -0.15) is 5.10 Å². The lowest BCUT2D eigenvalue weighted by atomic mass is 10.2. The molecule has 0 radical (unpaired) electrons. The number of carbonyl (C=O) groups is 1. The Morgan fingerprint density at radius 3 is 2.52 bits per heavy atom. The molecule has 1 amide bonds. The first kappa shape index (κ1) is 20.6. The van der Waals surface area contributed by atoms with E-state index in [1.165, 1.54) is 38.8 Å². The van der Waals surface area contributed by atoms with Crippen LogP contribution in [0, 0.1) is 17.0 Å². The number of halogens is 1. The standard InChI is InChI=1S/C15H17ClN4O6S/c1-5-19(27(24,25)13-9(2)17-18(3)14(13)16)15(21)10-6-7-11(20(22)23)12(8-10)26-4/h6-8H,5H2,1-4H3. The van der Waals surface area contributed by atoms with Crippen LogP contribution in [0.15, 0.2) is 23.1 Å². The second-order valence-electron chi connectivity index (χ2n) is 5.45. The van der Waals surface area contributed by atoms with Crippen LogP contribution < -0.4 is 4.74 Å². The minimum atomic E-state index is -4.29. The van der Waals surface area contributed by atoms with E-state index in [1.807, 2.05) is 0 Å². The van der Waals surface area contributed by atoms with Crippen LogP contribution in [0.1, 0.15) is 23.0 Å². The fraction of sp³-hybridized carbons (Fsp3) is 0.333. The van der Waals surface area contributed by atoms with Crippen LogP contribution in [0.5, 0.6) is 5.75 Å². The summed E-state index contributed by atoms with van der Waals surface area (Å²) in [5.41, 5.74) is -0.276. The minimum absolute atomic E-state index is 0.0828. The summed E-state index contributed by atoms with van der Waals surface area (Å²) in [6.07, 6.45) is 0. The van der Waals surface area contributed by atoms with Crippen molar-refractivity contribution in [3.05, 3.63) is 44.7 Å². The van der Waals surface area contributed by atoms with Gasteiger partial charge >= 0.3 is 5.69 Å². The van der Waals surface area contributed by atoms with Crippen molar-refractivity contribution in [1.29, 1.82) is 0 Å². The first-order valence-corrected chi connectivity index (χ1v) is 9.46. The van der Waals surface area contributed by atoms with Crippen LogP contribution in [0.2, 0.25) is 5.15 Å². The van der Waals surface area contributed by atoms with Crippen molar-refractivity contribution in [3.8, 4) is 5.75 Å². The Balaban J connectivity index is 2.54. The maximum atomic E-state index is 13.0. The molecule has 27 heavy (non-hydrogen) atoms. The number of ether oxygens (including phenoxy) is 1. The van der Waals surface area contributed by atoms with E-state index in [9.17, 15) is 23.3 Å². The highest BCUT2D eigenvalue weighted by Crippen LogP contribution is 2.31. The molecule has 2 rings (SSSR count). The predicted octanol–water partition coefficient (Wildman–Crippen LogP) is 2.15. The van der Waals surface area contributed by atoms with E-state index in [0.29, 0.717) is 4.31 Å². The molecule has 0 aliphatic rings. The van der Waals surface area contributed by atoms with Gasteiger partial charge in [0.25, 0.3) is 15.9 Å². The van der Waals surface area contributed by atoms with Gasteiger partial charge in [0.2, 0.25) is 0 Å². The number of nitrogens with zero attached hydrogens (tertiary/aromatic N) is 4. The molecule has 0 fully saturated rings. The second kappa shape index (κ2) is 7.53. The average Bonchev–Trinajstić information content (AvgIpc) is 2.86. The van der Waals surface area contributed by atoms with Gasteiger partial charge < -0.3 is 4.74 Å². The van der Waals surface area contributed by atoms with Crippen molar-refractivity contribution in [2.45, 2.75) is 18.7 Å². The molecule has 0 unspecified atom stereocenters. The van der Waals surface area contributed by atoms with Gasteiger partial charge in [-0.1, -0.05) is 11.6 Å².